The van der Waals surface area contributed by atoms with E-state index in [2.05, 4.69) is 186 Å². The molecule has 1 atom stereocenters. The second kappa shape index (κ2) is 12.4. The molecule has 0 spiro atoms. The summed E-state index contributed by atoms with van der Waals surface area (Å²) in [4.78, 5) is 7.59. The number of hydrogen-bond acceptors (Lipinski definition) is 2. The normalized spacial score (nSPS) is 15.0. The minimum Gasteiger partial charge on any atom is -0.333 e. The van der Waals surface area contributed by atoms with Crippen LogP contribution in [0.15, 0.2) is 176 Å². The van der Waals surface area contributed by atoms with Crippen LogP contribution in [0.2, 0.25) is 0 Å². The van der Waals surface area contributed by atoms with Crippen LogP contribution in [0.4, 0.5) is 11.4 Å². The van der Waals surface area contributed by atoms with Gasteiger partial charge in [-0.1, -0.05) is 128 Å². The summed E-state index contributed by atoms with van der Waals surface area (Å²) in [6.45, 7) is 2.24. The molecule has 0 bridgehead atoms. The van der Waals surface area contributed by atoms with E-state index < -0.39 is 0 Å². The molecule has 0 saturated heterocycles. The molecular weight excluding hydrogens is 631 g/mol. The summed E-state index contributed by atoms with van der Waals surface area (Å²) in [5.74, 6) is 0.997. The summed E-state index contributed by atoms with van der Waals surface area (Å²) in [5.41, 5.74) is 16.2. The van der Waals surface area contributed by atoms with Gasteiger partial charge in [0.25, 0.3) is 0 Å². The summed E-state index contributed by atoms with van der Waals surface area (Å²) in [7, 11) is 0. The number of aromatic nitrogens is 2. The van der Waals surface area contributed by atoms with E-state index in [0.29, 0.717) is 0 Å². The standard InChI is InChI=1S/C49H37N3/c1-2-39-40(35-23-21-34(22-24-35)33-13-5-3-6-14-33)29-30-50-49(39)52-46-20-12-10-18-42(46)44-32-37(26-28-48(44)52)36-25-27-47-43(31-36)41-17-9-11-19-45(41)51(47)38-15-7-4-8-16-38/h3-26,28-32,47H,2,27H2,1H3. The van der Waals surface area contributed by atoms with Crippen molar-refractivity contribution in [2.45, 2.75) is 25.8 Å². The molecule has 6 aromatic carbocycles. The summed E-state index contributed by atoms with van der Waals surface area (Å²) in [6.07, 6.45) is 8.65. The predicted molar refractivity (Wildman–Crippen MR) is 218 cm³/mol. The summed E-state index contributed by atoms with van der Waals surface area (Å²) in [6, 6.07) is 57.4. The Hall–Kier alpha value is -6.45. The zero-order valence-electron chi connectivity index (χ0n) is 29.1. The summed E-state index contributed by atoms with van der Waals surface area (Å²) in [5, 5.41) is 2.48. The Balaban J connectivity index is 1.06. The maximum atomic E-state index is 5.08. The molecule has 0 radical (unpaired) electrons. The zero-order chi connectivity index (χ0) is 34.6. The minimum atomic E-state index is 0.287. The van der Waals surface area contributed by atoms with Crippen molar-refractivity contribution in [3.8, 4) is 28.1 Å². The highest BCUT2D eigenvalue weighted by Gasteiger charge is 2.35. The first-order valence-electron chi connectivity index (χ1n) is 18.3. The first-order chi connectivity index (χ1) is 25.8. The number of hydrogen-bond donors (Lipinski definition) is 0. The molecule has 248 valence electrons. The Labute approximate surface area is 304 Å². The molecule has 8 aromatic rings. The molecule has 2 aromatic heterocycles. The van der Waals surface area contributed by atoms with Crippen LogP contribution >= 0.6 is 0 Å². The second-order valence-corrected chi connectivity index (χ2v) is 13.8. The molecule has 3 nitrogen and oxygen atoms in total. The molecule has 3 heterocycles. The maximum absolute atomic E-state index is 5.08. The smallest absolute Gasteiger partial charge is 0.141 e. The first-order valence-corrected chi connectivity index (χ1v) is 18.3. The van der Waals surface area contributed by atoms with Crippen molar-refractivity contribution in [1.82, 2.24) is 9.55 Å². The second-order valence-electron chi connectivity index (χ2n) is 13.8. The highest BCUT2D eigenvalue weighted by atomic mass is 15.2. The molecule has 0 fully saturated rings. The Bertz CT molecular complexity index is 2680. The minimum absolute atomic E-state index is 0.287. The van der Waals surface area contributed by atoms with Gasteiger partial charge in [0.15, 0.2) is 0 Å². The Kier molecular flexibility index (Phi) is 7.24. The van der Waals surface area contributed by atoms with Crippen molar-refractivity contribution in [2.24, 2.45) is 0 Å². The largest absolute Gasteiger partial charge is 0.333 e. The lowest BCUT2D eigenvalue weighted by Gasteiger charge is -2.29. The average Bonchev–Trinajstić information content (AvgIpc) is 3.73. The highest BCUT2D eigenvalue weighted by Crippen LogP contribution is 2.49. The van der Waals surface area contributed by atoms with Gasteiger partial charge in [0.2, 0.25) is 0 Å². The van der Waals surface area contributed by atoms with Crippen LogP contribution in [0, 0.1) is 0 Å². The zero-order valence-corrected chi connectivity index (χ0v) is 29.1. The third-order valence-corrected chi connectivity index (χ3v) is 11.0. The van der Waals surface area contributed by atoms with E-state index in [4.69, 9.17) is 4.98 Å². The van der Waals surface area contributed by atoms with Crippen LogP contribution in [-0.4, -0.2) is 15.6 Å². The Morgan fingerprint density at radius 2 is 1.27 bits per heavy atom. The van der Waals surface area contributed by atoms with Gasteiger partial charge in [0.1, 0.15) is 5.82 Å². The molecule has 3 heteroatoms. The van der Waals surface area contributed by atoms with Crippen molar-refractivity contribution >= 4 is 44.3 Å². The Morgan fingerprint density at radius 3 is 2.10 bits per heavy atom. The van der Waals surface area contributed by atoms with Crippen molar-refractivity contribution in [3.05, 3.63) is 193 Å². The number of allylic oxidation sites excluding steroid dienone is 2. The van der Waals surface area contributed by atoms with E-state index in [9.17, 15) is 0 Å². The van der Waals surface area contributed by atoms with Crippen molar-refractivity contribution in [2.75, 3.05) is 4.90 Å². The first kappa shape index (κ1) is 30.4. The highest BCUT2D eigenvalue weighted by molar-refractivity contribution is 6.11. The van der Waals surface area contributed by atoms with E-state index in [0.717, 1.165) is 18.7 Å². The van der Waals surface area contributed by atoms with Gasteiger partial charge in [0, 0.05) is 39.5 Å². The molecule has 1 aliphatic heterocycles. The van der Waals surface area contributed by atoms with E-state index >= 15 is 0 Å². The molecule has 1 unspecified atom stereocenters. The van der Waals surface area contributed by atoms with Crippen molar-refractivity contribution < 1.29 is 0 Å². The maximum Gasteiger partial charge on any atom is 0.141 e. The lowest BCUT2D eigenvalue weighted by atomic mass is 9.89. The van der Waals surface area contributed by atoms with Gasteiger partial charge in [-0.3, -0.25) is 4.57 Å². The number of benzene rings is 6. The van der Waals surface area contributed by atoms with E-state index in [1.807, 2.05) is 6.20 Å². The molecule has 2 aliphatic rings. The molecule has 1 aliphatic carbocycles. The molecule has 10 rings (SSSR count). The van der Waals surface area contributed by atoms with Crippen LogP contribution < -0.4 is 4.90 Å². The van der Waals surface area contributed by atoms with Gasteiger partial charge in [0.05, 0.1) is 17.1 Å². The molecule has 0 saturated carbocycles. The van der Waals surface area contributed by atoms with Gasteiger partial charge >= 0.3 is 0 Å². The molecule has 52 heavy (non-hydrogen) atoms. The monoisotopic (exact) mass is 667 g/mol. The number of pyridine rings is 1. The van der Waals surface area contributed by atoms with Crippen LogP contribution in [0.5, 0.6) is 0 Å². The Morgan fingerprint density at radius 1 is 0.596 bits per heavy atom. The van der Waals surface area contributed by atoms with Crippen molar-refractivity contribution in [3.63, 3.8) is 0 Å². The summed E-state index contributed by atoms with van der Waals surface area (Å²) >= 11 is 0. The fourth-order valence-electron chi connectivity index (χ4n) is 8.54. The molecule has 0 amide bonds. The third kappa shape index (κ3) is 4.85. The van der Waals surface area contributed by atoms with E-state index in [1.54, 1.807) is 0 Å². The SMILES string of the molecule is CCc1c(-c2ccc(-c3ccccc3)cc2)ccnc1-n1c2ccccc2c2cc(C3=CCC4C(=C3)c3ccccc3N4c3ccccc3)ccc21. The van der Waals surface area contributed by atoms with Crippen LogP contribution in [0.1, 0.15) is 30.0 Å². The predicted octanol–water partition coefficient (Wildman–Crippen LogP) is 12.5. The number of rotatable bonds is 6. The lowest BCUT2D eigenvalue weighted by molar-refractivity contribution is 0.831. The van der Waals surface area contributed by atoms with Gasteiger partial charge < -0.3 is 4.90 Å². The number of fused-ring (bicyclic) bond motifs is 6. The van der Waals surface area contributed by atoms with E-state index in [-0.39, 0.29) is 6.04 Å². The fourth-order valence-corrected chi connectivity index (χ4v) is 8.54. The summed E-state index contributed by atoms with van der Waals surface area (Å²) < 4.78 is 2.38. The van der Waals surface area contributed by atoms with Gasteiger partial charge in [-0.2, -0.15) is 0 Å². The van der Waals surface area contributed by atoms with Gasteiger partial charge in [-0.05, 0) is 100 Å². The topological polar surface area (TPSA) is 21.1 Å². The fraction of sp³-hybridized carbons (Fsp3) is 0.0816. The van der Waals surface area contributed by atoms with Gasteiger partial charge in [-0.15, -0.1) is 0 Å². The molecule has 0 N–H and O–H groups in total. The third-order valence-electron chi connectivity index (χ3n) is 11.0. The average molecular weight is 668 g/mol. The lowest BCUT2D eigenvalue weighted by Crippen LogP contribution is -2.27. The number of para-hydroxylation sites is 3. The molecular formula is C49H37N3. The van der Waals surface area contributed by atoms with Crippen molar-refractivity contribution in [1.29, 1.82) is 0 Å². The number of anilines is 2. The quantitative estimate of drug-likeness (QED) is 0.176. The van der Waals surface area contributed by atoms with Crippen LogP contribution in [0.3, 0.4) is 0 Å². The number of nitrogens with zero attached hydrogens (tertiary/aromatic N) is 3. The van der Waals surface area contributed by atoms with Gasteiger partial charge in [-0.25, -0.2) is 4.98 Å². The van der Waals surface area contributed by atoms with Crippen LogP contribution in [-0.2, 0) is 6.42 Å². The van der Waals surface area contributed by atoms with E-state index in [1.165, 1.54) is 83.3 Å². The van der Waals surface area contributed by atoms with Crippen LogP contribution in [0.25, 0.3) is 61.0 Å².